The number of ether oxygens (including phenoxy) is 1. The molecule has 2 aromatic heterocycles. The number of anilines is 3. The fourth-order valence-corrected chi connectivity index (χ4v) is 4.50. The lowest BCUT2D eigenvalue weighted by Crippen LogP contribution is -2.21. The van der Waals surface area contributed by atoms with Crippen LogP contribution in [-0.2, 0) is 4.79 Å². The quantitative estimate of drug-likeness (QED) is 0.309. The van der Waals surface area contributed by atoms with Gasteiger partial charge in [-0.3, -0.25) is 14.3 Å². The minimum Gasteiger partial charge on any atom is -0.494 e. The maximum absolute atomic E-state index is 12.2. The first-order valence-electron chi connectivity index (χ1n) is 12.4. The van der Waals surface area contributed by atoms with Crippen molar-refractivity contribution >= 4 is 29.0 Å². The number of allylic oxidation sites excluding steroid dienone is 1. The molecule has 5 rings (SSSR count). The number of nitrogens with one attached hydrogen (secondary N) is 2. The van der Waals surface area contributed by atoms with Crippen molar-refractivity contribution in [1.29, 1.82) is 0 Å². The van der Waals surface area contributed by atoms with Gasteiger partial charge in [-0.2, -0.15) is 5.10 Å². The van der Waals surface area contributed by atoms with Crippen LogP contribution in [0.5, 0.6) is 5.75 Å². The molecule has 1 atom stereocenters. The van der Waals surface area contributed by atoms with Crippen LogP contribution in [0, 0.1) is 5.92 Å². The monoisotopic (exact) mass is 502 g/mol. The molecule has 0 aliphatic heterocycles. The van der Waals surface area contributed by atoms with E-state index in [1.165, 1.54) is 11.8 Å². The fraction of sp³-hybridized carbons (Fsp3) is 0.333. The van der Waals surface area contributed by atoms with Gasteiger partial charge in [-0.25, -0.2) is 4.98 Å². The number of hydrogen-bond acceptors (Lipinski definition) is 7. The molecule has 0 bridgehead atoms. The number of aliphatic hydroxyl groups excluding tert-OH is 1. The number of primary amides is 1. The number of methoxy groups -OCH3 is 1. The second kappa shape index (κ2) is 10.4. The van der Waals surface area contributed by atoms with Crippen molar-refractivity contribution in [3.05, 3.63) is 60.1 Å². The summed E-state index contributed by atoms with van der Waals surface area (Å²) in [5.41, 5.74) is 9.81. The van der Waals surface area contributed by atoms with E-state index in [0.717, 1.165) is 36.8 Å². The van der Waals surface area contributed by atoms with Crippen LogP contribution in [0.2, 0.25) is 0 Å². The number of para-hydroxylation sites is 1. The van der Waals surface area contributed by atoms with Crippen LogP contribution in [-0.4, -0.2) is 45.4 Å². The van der Waals surface area contributed by atoms with Gasteiger partial charge in [0.1, 0.15) is 11.6 Å². The zero-order chi connectivity index (χ0) is 25.9. The molecule has 2 heterocycles. The summed E-state index contributed by atoms with van der Waals surface area (Å²) in [6.45, 7) is 0.140. The second-order valence-corrected chi connectivity index (χ2v) is 9.31. The third kappa shape index (κ3) is 5.19. The number of hydrogen-bond donors (Lipinski definition) is 4. The maximum Gasteiger partial charge on any atom is 0.252 e. The Labute approximate surface area is 214 Å². The Morgan fingerprint density at radius 2 is 2.08 bits per heavy atom. The van der Waals surface area contributed by atoms with Gasteiger partial charge in [-0.15, -0.1) is 0 Å². The van der Waals surface area contributed by atoms with Crippen molar-refractivity contribution in [3.63, 3.8) is 0 Å². The largest absolute Gasteiger partial charge is 0.494 e. The van der Waals surface area contributed by atoms with Crippen LogP contribution >= 0.6 is 0 Å². The van der Waals surface area contributed by atoms with Gasteiger partial charge in [0, 0.05) is 42.1 Å². The lowest BCUT2D eigenvalue weighted by atomic mass is 9.85. The molecule has 1 unspecified atom stereocenters. The molecule has 0 saturated heterocycles. The standard InChI is InChI=1S/C27H30N6O4/c1-37-25-19(18-13-30-33(15-18)23-10-9-16(23)4-3-11-34)5-2-6-21(25)31-22-12-24(29-14-20(22)26(28)35)32-27(36)17-7-8-17/h2,4-6,12-15,17,23,34H,3,7-11H2,1H3,(H2,28,35)(H2,29,31,32,36). The lowest BCUT2D eigenvalue weighted by Gasteiger charge is -2.30. The Hall–Kier alpha value is -4.18. The van der Waals surface area contributed by atoms with E-state index >= 15 is 0 Å². The molecule has 2 aliphatic carbocycles. The van der Waals surface area contributed by atoms with Crippen LogP contribution < -0.4 is 21.1 Å². The number of pyridine rings is 1. The highest BCUT2D eigenvalue weighted by molar-refractivity contribution is 6.01. The molecule has 192 valence electrons. The van der Waals surface area contributed by atoms with E-state index in [2.05, 4.69) is 26.8 Å². The molecule has 2 amide bonds. The van der Waals surface area contributed by atoms with E-state index in [4.69, 9.17) is 15.6 Å². The molecule has 37 heavy (non-hydrogen) atoms. The summed E-state index contributed by atoms with van der Waals surface area (Å²) in [6.07, 6.45) is 11.7. The van der Waals surface area contributed by atoms with Gasteiger partial charge in [0.05, 0.1) is 36.3 Å². The molecule has 5 N–H and O–H groups in total. The fourth-order valence-electron chi connectivity index (χ4n) is 4.50. The number of nitrogens with two attached hydrogens (primary N) is 1. The van der Waals surface area contributed by atoms with E-state index in [0.29, 0.717) is 29.4 Å². The summed E-state index contributed by atoms with van der Waals surface area (Å²) in [5.74, 6) is 0.210. The highest BCUT2D eigenvalue weighted by atomic mass is 16.5. The summed E-state index contributed by atoms with van der Waals surface area (Å²) < 4.78 is 7.73. The van der Waals surface area contributed by atoms with Crippen LogP contribution in [0.15, 0.2) is 54.5 Å². The summed E-state index contributed by atoms with van der Waals surface area (Å²) >= 11 is 0. The summed E-state index contributed by atoms with van der Waals surface area (Å²) in [7, 11) is 1.58. The summed E-state index contributed by atoms with van der Waals surface area (Å²) in [5, 5.41) is 19.8. The third-order valence-electron chi connectivity index (χ3n) is 6.76. The second-order valence-electron chi connectivity index (χ2n) is 9.31. The molecule has 2 fully saturated rings. The molecule has 1 aromatic carbocycles. The van der Waals surface area contributed by atoms with Gasteiger partial charge in [-0.1, -0.05) is 18.2 Å². The number of carbonyl (C=O) groups is 2. The molecule has 10 nitrogen and oxygen atoms in total. The van der Waals surface area contributed by atoms with Gasteiger partial charge >= 0.3 is 0 Å². The number of aromatic nitrogens is 3. The van der Waals surface area contributed by atoms with E-state index in [9.17, 15) is 9.59 Å². The van der Waals surface area contributed by atoms with Crippen LogP contribution in [0.25, 0.3) is 11.1 Å². The molecule has 3 aromatic rings. The lowest BCUT2D eigenvalue weighted by molar-refractivity contribution is -0.117. The van der Waals surface area contributed by atoms with Crippen molar-refractivity contribution in [2.75, 3.05) is 24.4 Å². The van der Waals surface area contributed by atoms with E-state index in [1.54, 1.807) is 19.4 Å². The predicted molar refractivity (Wildman–Crippen MR) is 140 cm³/mol. The average Bonchev–Trinajstić information content (AvgIpc) is 3.62. The Kier molecular flexibility index (Phi) is 6.91. The molecule has 2 aliphatic rings. The summed E-state index contributed by atoms with van der Waals surface area (Å²) in [6, 6.07) is 7.46. The van der Waals surface area contributed by atoms with Crippen molar-refractivity contribution in [3.8, 4) is 16.9 Å². The molecular formula is C27H30N6O4. The van der Waals surface area contributed by atoms with E-state index in [1.807, 2.05) is 29.1 Å². The van der Waals surface area contributed by atoms with Crippen molar-refractivity contribution < 1.29 is 19.4 Å². The van der Waals surface area contributed by atoms with Gasteiger partial charge in [-0.05, 0) is 43.7 Å². The first-order valence-corrected chi connectivity index (χ1v) is 12.4. The van der Waals surface area contributed by atoms with Gasteiger partial charge < -0.3 is 26.2 Å². The highest BCUT2D eigenvalue weighted by Gasteiger charge is 2.30. The molecule has 0 radical (unpaired) electrons. The van der Waals surface area contributed by atoms with Crippen molar-refractivity contribution in [2.45, 2.75) is 38.1 Å². The number of benzene rings is 1. The number of rotatable bonds is 10. The predicted octanol–water partition coefficient (Wildman–Crippen LogP) is 3.79. The van der Waals surface area contributed by atoms with E-state index in [-0.39, 0.29) is 30.0 Å². The Bertz CT molecular complexity index is 1360. The first-order chi connectivity index (χ1) is 18.0. The van der Waals surface area contributed by atoms with Gasteiger partial charge in [0.2, 0.25) is 5.91 Å². The number of carbonyl (C=O) groups excluding carboxylic acids is 2. The van der Waals surface area contributed by atoms with Crippen LogP contribution in [0.4, 0.5) is 17.2 Å². The zero-order valence-electron chi connectivity index (χ0n) is 20.6. The normalized spacial score (nSPS) is 17.8. The number of amides is 2. The Morgan fingerprint density at radius 3 is 2.76 bits per heavy atom. The maximum atomic E-state index is 12.2. The van der Waals surface area contributed by atoms with Gasteiger partial charge in [0.15, 0.2) is 0 Å². The van der Waals surface area contributed by atoms with Crippen LogP contribution in [0.3, 0.4) is 0 Å². The zero-order valence-corrected chi connectivity index (χ0v) is 20.6. The molecule has 10 heteroatoms. The highest BCUT2D eigenvalue weighted by Crippen LogP contribution is 2.41. The first kappa shape index (κ1) is 24.5. The molecular weight excluding hydrogens is 472 g/mol. The third-order valence-corrected chi connectivity index (χ3v) is 6.76. The summed E-state index contributed by atoms with van der Waals surface area (Å²) in [4.78, 5) is 28.5. The number of nitrogens with zero attached hydrogens (tertiary/aromatic N) is 3. The Balaban J connectivity index is 1.43. The topological polar surface area (TPSA) is 144 Å². The minimum atomic E-state index is -0.642. The van der Waals surface area contributed by atoms with E-state index < -0.39 is 5.91 Å². The van der Waals surface area contributed by atoms with Crippen molar-refractivity contribution in [2.24, 2.45) is 11.7 Å². The Morgan fingerprint density at radius 1 is 1.24 bits per heavy atom. The number of aliphatic hydroxyl groups is 1. The smallest absolute Gasteiger partial charge is 0.252 e. The van der Waals surface area contributed by atoms with Crippen LogP contribution in [0.1, 0.15) is 48.5 Å². The van der Waals surface area contributed by atoms with Crippen molar-refractivity contribution in [1.82, 2.24) is 14.8 Å². The SMILES string of the molecule is COc1c(Nc2cc(NC(=O)C3CC3)ncc2C(N)=O)cccc1-c1cnn(C2CCC2=CCCO)c1. The molecule has 2 saturated carbocycles. The minimum absolute atomic E-state index is 0.0212. The van der Waals surface area contributed by atoms with Gasteiger partial charge in [0.25, 0.3) is 5.91 Å². The average molecular weight is 503 g/mol. The molecule has 0 spiro atoms.